The van der Waals surface area contributed by atoms with Gasteiger partial charge in [0.1, 0.15) is 11.6 Å². The number of nitrogens with zero attached hydrogens (tertiary/aromatic N) is 1. The molecular formula is C14H16FN3OS. The van der Waals surface area contributed by atoms with Crippen LogP contribution < -0.4 is 10.6 Å². The van der Waals surface area contributed by atoms with Gasteiger partial charge in [-0.1, -0.05) is 6.07 Å². The predicted molar refractivity (Wildman–Crippen MR) is 78.6 cm³/mol. The minimum Gasteiger partial charge on any atom is -0.370 e. The maximum absolute atomic E-state index is 13.3. The van der Waals surface area contributed by atoms with Gasteiger partial charge in [0.25, 0.3) is 5.91 Å². The second-order valence-corrected chi connectivity index (χ2v) is 5.27. The minimum absolute atomic E-state index is 0.125. The number of carbonyl (C=O) groups is 1. The Bertz CT molecular complexity index is 586. The normalized spacial score (nSPS) is 11.9. The topological polar surface area (TPSA) is 54.0 Å². The number of anilines is 1. The van der Waals surface area contributed by atoms with Crippen molar-refractivity contribution in [1.29, 1.82) is 0 Å². The van der Waals surface area contributed by atoms with Gasteiger partial charge < -0.3 is 10.6 Å². The maximum Gasteiger partial charge on any atom is 0.255 e. The van der Waals surface area contributed by atoms with E-state index < -0.39 is 5.82 Å². The van der Waals surface area contributed by atoms with Crippen molar-refractivity contribution in [3.63, 3.8) is 0 Å². The van der Waals surface area contributed by atoms with E-state index in [0.29, 0.717) is 12.4 Å². The van der Waals surface area contributed by atoms with Crippen LogP contribution in [-0.2, 0) is 0 Å². The molecule has 2 aromatic rings. The van der Waals surface area contributed by atoms with Crippen LogP contribution in [0.3, 0.4) is 0 Å². The molecule has 0 fully saturated rings. The van der Waals surface area contributed by atoms with Crippen LogP contribution in [0.4, 0.5) is 10.2 Å². The first-order chi connectivity index (χ1) is 9.61. The fraction of sp³-hybridized carbons (Fsp3) is 0.286. The van der Waals surface area contributed by atoms with E-state index in [0.717, 1.165) is 11.1 Å². The van der Waals surface area contributed by atoms with Crippen molar-refractivity contribution in [2.24, 2.45) is 0 Å². The Kier molecular flexibility index (Phi) is 4.68. The highest BCUT2D eigenvalue weighted by Crippen LogP contribution is 2.20. The molecule has 2 heterocycles. The number of rotatable bonds is 5. The van der Waals surface area contributed by atoms with Crippen molar-refractivity contribution in [3.8, 4) is 0 Å². The van der Waals surface area contributed by atoms with Gasteiger partial charge >= 0.3 is 0 Å². The van der Waals surface area contributed by atoms with Gasteiger partial charge in [-0.3, -0.25) is 4.79 Å². The van der Waals surface area contributed by atoms with E-state index >= 15 is 0 Å². The molecule has 20 heavy (non-hydrogen) atoms. The van der Waals surface area contributed by atoms with Gasteiger partial charge in [0.2, 0.25) is 0 Å². The summed E-state index contributed by atoms with van der Waals surface area (Å²) in [5, 5.41) is 7.76. The highest BCUT2D eigenvalue weighted by atomic mass is 32.1. The summed E-state index contributed by atoms with van der Waals surface area (Å²) in [5.41, 5.74) is 0.218. The number of nitrogens with one attached hydrogen (secondary N) is 2. The van der Waals surface area contributed by atoms with Crippen LogP contribution in [0.2, 0.25) is 0 Å². The minimum atomic E-state index is -0.527. The first-order valence-corrected chi connectivity index (χ1v) is 7.23. The lowest BCUT2D eigenvalue weighted by atomic mass is 10.2. The number of carbonyl (C=O) groups excluding carboxylic acids is 1. The number of aromatic nitrogens is 1. The van der Waals surface area contributed by atoms with E-state index in [2.05, 4.69) is 15.6 Å². The summed E-state index contributed by atoms with van der Waals surface area (Å²) in [6.45, 7) is 4.39. The highest BCUT2D eigenvalue weighted by Gasteiger charge is 2.17. The Morgan fingerprint density at radius 1 is 1.55 bits per heavy atom. The Balaban J connectivity index is 2.18. The predicted octanol–water partition coefficient (Wildman–Crippen LogP) is 3.21. The van der Waals surface area contributed by atoms with Crippen LogP contribution in [0.5, 0.6) is 0 Å². The van der Waals surface area contributed by atoms with Crippen molar-refractivity contribution in [3.05, 3.63) is 46.0 Å². The van der Waals surface area contributed by atoms with E-state index in [1.807, 2.05) is 31.4 Å². The van der Waals surface area contributed by atoms with E-state index in [4.69, 9.17) is 0 Å². The molecule has 0 aromatic carbocycles. The molecule has 1 atom stereocenters. The van der Waals surface area contributed by atoms with E-state index in [-0.39, 0.29) is 17.5 Å². The Labute approximate surface area is 121 Å². The Hall–Kier alpha value is -1.95. The van der Waals surface area contributed by atoms with Gasteiger partial charge in [-0.15, -0.1) is 11.3 Å². The first kappa shape index (κ1) is 14.5. The number of hydrogen-bond acceptors (Lipinski definition) is 4. The van der Waals surface area contributed by atoms with Crippen LogP contribution in [0.15, 0.2) is 29.8 Å². The highest BCUT2D eigenvalue weighted by molar-refractivity contribution is 7.10. The number of hydrogen-bond donors (Lipinski definition) is 2. The van der Waals surface area contributed by atoms with Gasteiger partial charge in [0.15, 0.2) is 0 Å². The summed E-state index contributed by atoms with van der Waals surface area (Å²) in [7, 11) is 0. The molecule has 0 bridgehead atoms. The molecular weight excluding hydrogens is 277 g/mol. The third kappa shape index (κ3) is 3.33. The molecule has 6 heteroatoms. The Morgan fingerprint density at radius 3 is 3.00 bits per heavy atom. The van der Waals surface area contributed by atoms with Gasteiger partial charge in [-0.2, -0.15) is 0 Å². The summed E-state index contributed by atoms with van der Waals surface area (Å²) < 4.78 is 13.3. The fourth-order valence-electron chi connectivity index (χ4n) is 1.80. The molecule has 2 N–H and O–H groups in total. The van der Waals surface area contributed by atoms with Gasteiger partial charge in [-0.05, 0) is 31.4 Å². The lowest BCUT2D eigenvalue weighted by Gasteiger charge is -2.14. The molecule has 0 spiro atoms. The average Bonchev–Trinajstić information content (AvgIpc) is 2.95. The van der Waals surface area contributed by atoms with Crippen LogP contribution in [0, 0.1) is 5.82 Å². The number of halogens is 1. The summed E-state index contributed by atoms with van der Waals surface area (Å²) in [5.74, 6) is -0.473. The van der Waals surface area contributed by atoms with Crippen molar-refractivity contribution in [1.82, 2.24) is 10.3 Å². The molecule has 0 aliphatic carbocycles. The number of amides is 1. The maximum atomic E-state index is 13.3. The van der Waals surface area contributed by atoms with Crippen LogP contribution in [0.25, 0.3) is 0 Å². The average molecular weight is 293 g/mol. The molecule has 0 saturated heterocycles. The van der Waals surface area contributed by atoms with E-state index in [1.165, 1.54) is 6.07 Å². The zero-order chi connectivity index (χ0) is 14.5. The molecule has 2 rings (SSSR count). The van der Waals surface area contributed by atoms with Crippen molar-refractivity contribution < 1.29 is 9.18 Å². The van der Waals surface area contributed by atoms with Crippen LogP contribution >= 0.6 is 11.3 Å². The van der Waals surface area contributed by atoms with Crippen LogP contribution in [0.1, 0.15) is 35.1 Å². The lowest BCUT2D eigenvalue weighted by molar-refractivity contribution is 0.0940. The van der Waals surface area contributed by atoms with Gasteiger partial charge in [-0.25, -0.2) is 9.37 Å². The van der Waals surface area contributed by atoms with Crippen LogP contribution in [-0.4, -0.2) is 17.4 Å². The zero-order valence-corrected chi connectivity index (χ0v) is 12.1. The Morgan fingerprint density at radius 2 is 2.35 bits per heavy atom. The summed E-state index contributed by atoms with van der Waals surface area (Å²) in [6, 6.07) is 4.95. The third-order valence-electron chi connectivity index (χ3n) is 2.76. The standard InChI is InChI=1S/C14H16FN3OS/c1-3-16-13-11(7-10(15)8-17-13)14(19)18-9(2)12-5-4-6-20-12/h4-9H,3H2,1-2H3,(H,16,17)(H,18,19). The molecule has 2 aromatic heterocycles. The quantitative estimate of drug-likeness (QED) is 0.890. The van der Waals surface area contributed by atoms with Crippen molar-refractivity contribution in [2.45, 2.75) is 19.9 Å². The molecule has 0 aliphatic rings. The molecule has 0 saturated carbocycles. The molecule has 4 nitrogen and oxygen atoms in total. The van der Waals surface area contributed by atoms with E-state index in [9.17, 15) is 9.18 Å². The van der Waals surface area contributed by atoms with Crippen molar-refractivity contribution >= 4 is 23.1 Å². The SMILES string of the molecule is CCNc1ncc(F)cc1C(=O)NC(C)c1cccs1. The summed E-state index contributed by atoms with van der Waals surface area (Å²) in [4.78, 5) is 17.2. The third-order valence-corrected chi connectivity index (χ3v) is 3.82. The fourth-order valence-corrected chi connectivity index (χ4v) is 2.54. The second-order valence-electron chi connectivity index (χ2n) is 4.29. The lowest BCUT2D eigenvalue weighted by Crippen LogP contribution is -2.27. The first-order valence-electron chi connectivity index (χ1n) is 6.35. The second kappa shape index (κ2) is 6.47. The molecule has 106 valence electrons. The van der Waals surface area contributed by atoms with Gasteiger partial charge in [0.05, 0.1) is 17.8 Å². The molecule has 1 unspecified atom stereocenters. The largest absolute Gasteiger partial charge is 0.370 e. The van der Waals surface area contributed by atoms with Crippen molar-refractivity contribution in [2.75, 3.05) is 11.9 Å². The zero-order valence-electron chi connectivity index (χ0n) is 11.3. The van der Waals surface area contributed by atoms with E-state index in [1.54, 1.807) is 11.3 Å². The molecule has 1 amide bonds. The molecule has 0 aliphatic heterocycles. The summed E-state index contributed by atoms with van der Waals surface area (Å²) >= 11 is 1.57. The van der Waals surface area contributed by atoms with Gasteiger partial charge in [0, 0.05) is 11.4 Å². The smallest absolute Gasteiger partial charge is 0.255 e. The monoisotopic (exact) mass is 293 g/mol. The summed E-state index contributed by atoms with van der Waals surface area (Å²) in [6.07, 6.45) is 1.09. The number of pyridine rings is 1. The molecule has 0 radical (unpaired) electrons. The number of thiophene rings is 1.